The molecule has 2 atom stereocenters. The fraction of sp³-hybridized carbons (Fsp3) is 0.615. The zero-order chi connectivity index (χ0) is 12.7. The van der Waals surface area contributed by atoms with Gasteiger partial charge in [0.2, 0.25) is 0 Å². The molecule has 0 aromatic carbocycles. The molecule has 0 spiro atoms. The van der Waals surface area contributed by atoms with Gasteiger partial charge >= 0.3 is 0 Å². The van der Waals surface area contributed by atoms with E-state index in [1.165, 1.54) is 0 Å². The molecule has 0 radical (unpaired) electrons. The van der Waals surface area contributed by atoms with Crippen LogP contribution in [0.5, 0.6) is 0 Å². The van der Waals surface area contributed by atoms with Gasteiger partial charge in [-0.25, -0.2) is 4.98 Å². The Morgan fingerprint density at radius 2 is 1.94 bits per heavy atom. The molecule has 2 aliphatic rings. The van der Waals surface area contributed by atoms with Crippen molar-refractivity contribution < 1.29 is 4.79 Å². The van der Waals surface area contributed by atoms with Crippen LogP contribution in [0.1, 0.15) is 41.9 Å². The largest absolute Gasteiger partial charge is 0.331 e. The van der Waals surface area contributed by atoms with Gasteiger partial charge in [0.25, 0.3) is 5.91 Å². The summed E-state index contributed by atoms with van der Waals surface area (Å²) in [6.45, 7) is 1.87. The van der Waals surface area contributed by atoms with Crippen LogP contribution in [-0.2, 0) is 0 Å². The minimum absolute atomic E-state index is 0.0156. The number of nitrogens with zero attached hydrogens (tertiary/aromatic N) is 3. The van der Waals surface area contributed by atoms with Gasteiger partial charge in [-0.2, -0.15) is 0 Å². The fourth-order valence-electron chi connectivity index (χ4n) is 3.19. The zero-order valence-corrected chi connectivity index (χ0v) is 10.5. The van der Waals surface area contributed by atoms with E-state index in [1.807, 2.05) is 11.8 Å². The average Bonchev–Trinajstić information content (AvgIpc) is 2.62. The Hall–Kier alpha value is -1.49. The number of fused-ring (bicyclic) bond motifs is 2. The van der Waals surface area contributed by atoms with Gasteiger partial charge in [-0.3, -0.25) is 9.78 Å². The van der Waals surface area contributed by atoms with Crippen molar-refractivity contribution in [2.75, 3.05) is 0 Å². The number of carbonyl (C=O) groups is 1. The molecule has 3 rings (SSSR count). The van der Waals surface area contributed by atoms with Crippen molar-refractivity contribution >= 4 is 5.91 Å². The van der Waals surface area contributed by atoms with Gasteiger partial charge in [0, 0.05) is 24.3 Å². The lowest BCUT2D eigenvalue weighted by atomic mass is 9.98. The molecule has 2 bridgehead atoms. The number of hydrogen-bond donors (Lipinski definition) is 1. The number of nitrogens with two attached hydrogens (primary N) is 1. The number of aromatic nitrogens is 2. The maximum Gasteiger partial charge on any atom is 0.274 e. The third kappa shape index (κ3) is 1.88. The fourth-order valence-corrected chi connectivity index (χ4v) is 3.19. The highest BCUT2D eigenvalue weighted by Crippen LogP contribution is 2.35. The Labute approximate surface area is 106 Å². The van der Waals surface area contributed by atoms with Crippen LogP contribution in [0.3, 0.4) is 0 Å². The van der Waals surface area contributed by atoms with Crippen molar-refractivity contribution in [3.63, 3.8) is 0 Å². The van der Waals surface area contributed by atoms with E-state index in [2.05, 4.69) is 9.97 Å². The van der Waals surface area contributed by atoms with Gasteiger partial charge in [0.05, 0.1) is 11.9 Å². The maximum absolute atomic E-state index is 12.5. The van der Waals surface area contributed by atoms with E-state index < -0.39 is 0 Å². The third-order valence-corrected chi connectivity index (χ3v) is 4.00. The summed E-state index contributed by atoms with van der Waals surface area (Å²) in [5.41, 5.74) is 7.29. The molecule has 5 heteroatoms. The summed E-state index contributed by atoms with van der Waals surface area (Å²) in [5, 5.41) is 0. The average molecular weight is 246 g/mol. The number of rotatable bonds is 1. The molecule has 0 aliphatic carbocycles. The zero-order valence-electron chi connectivity index (χ0n) is 10.5. The summed E-state index contributed by atoms with van der Waals surface area (Å²) in [6, 6.07) is 0.847. The topological polar surface area (TPSA) is 72.1 Å². The Kier molecular flexibility index (Phi) is 2.78. The van der Waals surface area contributed by atoms with Crippen LogP contribution < -0.4 is 5.73 Å². The number of amides is 1. The number of piperidine rings is 1. The Bertz CT molecular complexity index is 445. The van der Waals surface area contributed by atoms with Crippen molar-refractivity contribution in [1.29, 1.82) is 0 Å². The highest BCUT2D eigenvalue weighted by molar-refractivity contribution is 5.92. The van der Waals surface area contributed by atoms with Crippen LogP contribution >= 0.6 is 0 Å². The smallest absolute Gasteiger partial charge is 0.274 e. The van der Waals surface area contributed by atoms with E-state index in [0.29, 0.717) is 17.8 Å². The highest BCUT2D eigenvalue weighted by atomic mass is 16.2. The van der Waals surface area contributed by atoms with Crippen LogP contribution in [0.4, 0.5) is 0 Å². The summed E-state index contributed by atoms with van der Waals surface area (Å²) < 4.78 is 0. The summed E-state index contributed by atoms with van der Waals surface area (Å²) in [6.07, 6.45) is 7.20. The van der Waals surface area contributed by atoms with E-state index in [0.717, 1.165) is 31.4 Å². The predicted molar refractivity (Wildman–Crippen MR) is 67.0 cm³/mol. The van der Waals surface area contributed by atoms with Crippen molar-refractivity contribution in [3.8, 4) is 0 Å². The molecule has 18 heavy (non-hydrogen) atoms. The summed E-state index contributed by atoms with van der Waals surface area (Å²) in [7, 11) is 0. The van der Waals surface area contributed by atoms with E-state index >= 15 is 0 Å². The molecular weight excluding hydrogens is 228 g/mol. The van der Waals surface area contributed by atoms with E-state index in [4.69, 9.17) is 5.73 Å². The molecule has 1 aromatic rings. The molecule has 1 aromatic heterocycles. The van der Waals surface area contributed by atoms with Gasteiger partial charge in [-0.1, -0.05) is 0 Å². The molecule has 3 heterocycles. The van der Waals surface area contributed by atoms with Gasteiger partial charge in [-0.15, -0.1) is 0 Å². The summed E-state index contributed by atoms with van der Waals surface area (Å²) >= 11 is 0. The number of hydrogen-bond acceptors (Lipinski definition) is 4. The van der Waals surface area contributed by atoms with Crippen molar-refractivity contribution in [2.24, 2.45) is 5.73 Å². The minimum Gasteiger partial charge on any atom is -0.331 e. The molecule has 96 valence electrons. The molecule has 2 saturated heterocycles. The molecule has 5 nitrogen and oxygen atoms in total. The van der Waals surface area contributed by atoms with Gasteiger partial charge in [-0.05, 0) is 32.6 Å². The van der Waals surface area contributed by atoms with Gasteiger partial charge < -0.3 is 10.6 Å². The van der Waals surface area contributed by atoms with Gasteiger partial charge in [0.1, 0.15) is 5.69 Å². The molecule has 1 amide bonds. The van der Waals surface area contributed by atoms with Crippen LogP contribution in [0.2, 0.25) is 0 Å². The molecule has 2 unspecified atom stereocenters. The van der Waals surface area contributed by atoms with E-state index in [-0.39, 0.29) is 11.9 Å². The Balaban J connectivity index is 1.83. The van der Waals surface area contributed by atoms with Crippen LogP contribution in [0, 0.1) is 6.92 Å². The standard InChI is InChI=1S/C13H18N4O/c1-8-6-16-12(7-15-8)13(18)17-10-2-3-11(17)5-9(14)4-10/h6-7,9-11H,2-5,14H2,1H3. The second-order valence-electron chi connectivity index (χ2n) is 5.37. The molecule has 2 aliphatic heterocycles. The Morgan fingerprint density at radius 1 is 1.28 bits per heavy atom. The number of aryl methyl sites for hydroxylation is 1. The SMILES string of the molecule is Cc1cnc(C(=O)N2C3CCC2CC(N)C3)cn1. The molecule has 2 N–H and O–H groups in total. The first-order valence-corrected chi connectivity index (χ1v) is 6.52. The second-order valence-corrected chi connectivity index (χ2v) is 5.37. The predicted octanol–water partition coefficient (Wildman–Crippen LogP) is 0.879. The van der Waals surface area contributed by atoms with Crippen LogP contribution in [0.15, 0.2) is 12.4 Å². The first-order chi connectivity index (χ1) is 8.65. The molecular formula is C13H18N4O. The second kappa shape index (κ2) is 4.31. The van der Waals surface area contributed by atoms with Crippen molar-refractivity contribution in [3.05, 3.63) is 23.8 Å². The lowest BCUT2D eigenvalue weighted by Crippen LogP contribution is -2.50. The normalized spacial score (nSPS) is 30.6. The first kappa shape index (κ1) is 11.6. The van der Waals surface area contributed by atoms with Crippen LogP contribution in [-0.4, -0.2) is 38.9 Å². The van der Waals surface area contributed by atoms with E-state index in [1.54, 1.807) is 12.4 Å². The molecule has 0 saturated carbocycles. The maximum atomic E-state index is 12.5. The summed E-state index contributed by atoms with van der Waals surface area (Å²) in [4.78, 5) is 22.8. The molecule has 2 fully saturated rings. The van der Waals surface area contributed by atoms with Crippen LogP contribution in [0.25, 0.3) is 0 Å². The lowest BCUT2D eigenvalue weighted by Gasteiger charge is -2.37. The highest BCUT2D eigenvalue weighted by Gasteiger charge is 2.42. The first-order valence-electron chi connectivity index (χ1n) is 6.52. The lowest BCUT2D eigenvalue weighted by molar-refractivity contribution is 0.0568. The summed E-state index contributed by atoms with van der Waals surface area (Å²) in [5.74, 6) is 0.0156. The Morgan fingerprint density at radius 3 is 2.50 bits per heavy atom. The quantitative estimate of drug-likeness (QED) is 0.798. The monoisotopic (exact) mass is 246 g/mol. The van der Waals surface area contributed by atoms with Crippen molar-refractivity contribution in [1.82, 2.24) is 14.9 Å². The third-order valence-electron chi connectivity index (χ3n) is 4.00. The van der Waals surface area contributed by atoms with Crippen molar-refractivity contribution in [2.45, 2.75) is 50.7 Å². The van der Waals surface area contributed by atoms with Gasteiger partial charge in [0.15, 0.2) is 0 Å². The number of carbonyl (C=O) groups excluding carboxylic acids is 1. The van der Waals surface area contributed by atoms with E-state index in [9.17, 15) is 4.79 Å². The minimum atomic E-state index is 0.0156.